The van der Waals surface area contributed by atoms with Gasteiger partial charge in [0.25, 0.3) is 5.91 Å². The Morgan fingerprint density at radius 2 is 1.69 bits per heavy atom. The zero-order valence-electron chi connectivity index (χ0n) is 16.4. The fourth-order valence-electron chi connectivity index (χ4n) is 3.13. The Morgan fingerprint density at radius 1 is 1.00 bits per heavy atom. The minimum Gasteiger partial charge on any atom is -0.489 e. The number of benzene rings is 3. The Labute approximate surface area is 174 Å². The van der Waals surface area contributed by atoms with Gasteiger partial charge in [0, 0.05) is 18.2 Å². The topological polar surface area (TPSA) is 42.4 Å². The first-order valence-corrected chi connectivity index (χ1v) is 10.3. The van der Waals surface area contributed by atoms with Gasteiger partial charge in [-0.2, -0.15) is 0 Å². The number of carbonyl (C=O) groups excluding carboxylic acids is 1. The van der Waals surface area contributed by atoms with Crippen LogP contribution in [0.3, 0.4) is 0 Å². The summed E-state index contributed by atoms with van der Waals surface area (Å²) in [5.41, 5.74) is 2.49. The Hall–Kier alpha value is -3.18. The molecule has 0 saturated carbocycles. The normalized spacial score (nSPS) is 11.9. The minimum atomic E-state index is -0.122. The third kappa shape index (κ3) is 4.15. The second-order valence-electron chi connectivity index (χ2n) is 6.87. The summed E-state index contributed by atoms with van der Waals surface area (Å²) in [5.74, 6) is 0.745. The van der Waals surface area contributed by atoms with Gasteiger partial charge in [-0.25, -0.2) is 4.98 Å². The monoisotopic (exact) mass is 402 g/mol. The number of thiazole rings is 1. The average Bonchev–Trinajstić information content (AvgIpc) is 3.21. The van der Waals surface area contributed by atoms with Gasteiger partial charge in [-0.3, -0.25) is 4.79 Å². The van der Waals surface area contributed by atoms with Crippen molar-refractivity contribution in [3.8, 4) is 5.75 Å². The Bertz CT molecular complexity index is 1090. The maximum Gasteiger partial charge on any atom is 0.254 e. The van der Waals surface area contributed by atoms with E-state index in [4.69, 9.17) is 9.72 Å². The number of fused-ring (bicyclic) bond motifs is 1. The lowest BCUT2D eigenvalue weighted by atomic mass is 10.1. The molecule has 4 nitrogen and oxygen atoms in total. The van der Waals surface area contributed by atoms with E-state index in [0.29, 0.717) is 12.2 Å². The minimum absolute atomic E-state index is 0.0379. The second-order valence-corrected chi connectivity index (χ2v) is 7.93. The molecule has 1 amide bonds. The van der Waals surface area contributed by atoms with Crippen molar-refractivity contribution in [2.24, 2.45) is 0 Å². The quantitative estimate of drug-likeness (QED) is 0.415. The van der Waals surface area contributed by atoms with E-state index in [1.165, 1.54) is 0 Å². The lowest BCUT2D eigenvalue weighted by molar-refractivity contribution is 0.0740. The molecule has 0 aliphatic heterocycles. The highest BCUT2D eigenvalue weighted by atomic mass is 32.1. The predicted octanol–water partition coefficient (Wildman–Crippen LogP) is 5.71. The van der Waals surface area contributed by atoms with Crippen LogP contribution in [-0.2, 0) is 6.61 Å². The summed E-state index contributed by atoms with van der Waals surface area (Å²) in [5, 5.41) is 0.931. The average molecular weight is 403 g/mol. The van der Waals surface area contributed by atoms with Gasteiger partial charge in [0.2, 0.25) is 0 Å². The van der Waals surface area contributed by atoms with Crippen LogP contribution in [0.2, 0.25) is 0 Å². The molecule has 0 unspecified atom stereocenters. The van der Waals surface area contributed by atoms with Crippen molar-refractivity contribution in [1.29, 1.82) is 0 Å². The molecule has 29 heavy (non-hydrogen) atoms. The maximum absolute atomic E-state index is 13.3. The fraction of sp³-hybridized carbons (Fsp3) is 0.167. The number of carbonyl (C=O) groups is 1. The van der Waals surface area contributed by atoms with E-state index in [9.17, 15) is 4.79 Å². The first-order valence-electron chi connectivity index (χ1n) is 9.52. The summed E-state index contributed by atoms with van der Waals surface area (Å²) in [6.07, 6.45) is 0. The summed E-state index contributed by atoms with van der Waals surface area (Å²) in [6, 6.07) is 25.2. The molecule has 3 aromatic carbocycles. The maximum atomic E-state index is 13.3. The first kappa shape index (κ1) is 19.2. The molecule has 0 aliphatic carbocycles. The van der Waals surface area contributed by atoms with Crippen molar-refractivity contribution in [1.82, 2.24) is 9.88 Å². The molecule has 146 valence electrons. The van der Waals surface area contributed by atoms with Crippen LogP contribution in [-0.4, -0.2) is 22.8 Å². The molecule has 0 fully saturated rings. The summed E-state index contributed by atoms with van der Waals surface area (Å²) in [7, 11) is 1.83. The van der Waals surface area contributed by atoms with Crippen LogP contribution in [0, 0.1) is 0 Å². The fourth-order valence-corrected chi connectivity index (χ4v) is 4.20. The molecule has 0 bridgehead atoms. The molecule has 1 heterocycles. The summed E-state index contributed by atoms with van der Waals surface area (Å²) in [4.78, 5) is 19.7. The molecule has 0 saturated heterocycles. The van der Waals surface area contributed by atoms with Crippen LogP contribution >= 0.6 is 11.3 Å². The third-order valence-corrected chi connectivity index (χ3v) is 6.16. The zero-order valence-corrected chi connectivity index (χ0v) is 17.2. The van der Waals surface area contributed by atoms with Crippen LogP contribution in [0.15, 0.2) is 78.9 Å². The van der Waals surface area contributed by atoms with Gasteiger partial charge in [0.15, 0.2) is 0 Å². The number of hydrogen-bond acceptors (Lipinski definition) is 4. The largest absolute Gasteiger partial charge is 0.489 e. The standard InChI is InChI=1S/C24H22N2O2S/c1-17(23-25-21-14-8-9-15-22(21)29-23)26(2)24(27)20-13-7-6-10-18(20)16-28-19-11-4-3-5-12-19/h3-15,17H,16H2,1-2H3/t17-/m0/s1. The van der Waals surface area contributed by atoms with Crippen LogP contribution in [0.4, 0.5) is 0 Å². The van der Waals surface area contributed by atoms with E-state index in [-0.39, 0.29) is 11.9 Å². The van der Waals surface area contributed by atoms with Gasteiger partial charge >= 0.3 is 0 Å². The molecule has 5 heteroatoms. The molecular weight excluding hydrogens is 380 g/mol. The van der Waals surface area contributed by atoms with E-state index in [0.717, 1.165) is 26.5 Å². The highest BCUT2D eigenvalue weighted by molar-refractivity contribution is 7.18. The van der Waals surface area contributed by atoms with E-state index in [1.807, 2.05) is 86.8 Å². The van der Waals surface area contributed by atoms with E-state index in [2.05, 4.69) is 6.07 Å². The van der Waals surface area contributed by atoms with Gasteiger partial charge in [0.1, 0.15) is 17.4 Å². The second kappa shape index (κ2) is 8.45. The lowest BCUT2D eigenvalue weighted by Gasteiger charge is -2.24. The van der Waals surface area contributed by atoms with Crippen molar-refractivity contribution >= 4 is 27.5 Å². The van der Waals surface area contributed by atoms with Crippen molar-refractivity contribution in [3.05, 3.63) is 95.0 Å². The van der Waals surface area contributed by atoms with Crippen LogP contribution in [0.25, 0.3) is 10.2 Å². The van der Waals surface area contributed by atoms with Crippen molar-refractivity contribution < 1.29 is 9.53 Å². The Balaban J connectivity index is 1.53. The van der Waals surface area contributed by atoms with Gasteiger partial charge in [-0.1, -0.05) is 48.5 Å². The molecule has 0 N–H and O–H groups in total. The molecule has 0 aliphatic rings. The third-order valence-electron chi connectivity index (χ3n) is 4.95. The molecular formula is C24H22N2O2S. The molecule has 4 rings (SSSR count). The summed E-state index contributed by atoms with van der Waals surface area (Å²) < 4.78 is 7.00. The van der Waals surface area contributed by atoms with Crippen molar-refractivity contribution in [2.75, 3.05) is 7.05 Å². The predicted molar refractivity (Wildman–Crippen MR) is 117 cm³/mol. The van der Waals surface area contributed by atoms with Gasteiger partial charge < -0.3 is 9.64 Å². The number of rotatable bonds is 6. The van der Waals surface area contributed by atoms with Gasteiger partial charge in [0.05, 0.1) is 16.3 Å². The SMILES string of the molecule is C[C@@H](c1nc2ccccc2s1)N(C)C(=O)c1ccccc1COc1ccccc1. The lowest BCUT2D eigenvalue weighted by Crippen LogP contribution is -2.30. The number of ether oxygens (including phenoxy) is 1. The summed E-state index contributed by atoms with van der Waals surface area (Å²) in [6.45, 7) is 2.36. The number of hydrogen-bond donors (Lipinski definition) is 0. The van der Waals surface area contributed by atoms with Crippen LogP contribution in [0.1, 0.15) is 33.9 Å². The highest BCUT2D eigenvalue weighted by Gasteiger charge is 2.23. The van der Waals surface area contributed by atoms with Crippen molar-refractivity contribution in [2.45, 2.75) is 19.6 Å². The van der Waals surface area contributed by atoms with E-state index < -0.39 is 0 Å². The molecule has 0 spiro atoms. The van der Waals surface area contributed by atoms with Crippen LogP contribution in [0.5, 0.6) is 5.75 Å². The number of para-hydroxylation sites is 2. The first-order chi connectivity index (χ1) is 14.1. The Kier molecular flexibility index (Phi) is 5.58. The van der Waals surface area contributed by atoms with Crippen molar-refractivity contribution in [3.63, 3.8) is 0 Å². The van der Waals surface area contributed by atoms with Gasteiger partial charge in [-0.15, -0.1) is 11.3 Å². The number of amides is 1. The molecule has 1 aromatic heterocycles. The molecule has 0 radical (unpaired) electrons. The van der Waals surface area contributed by atoms with E-state index in [1.54, 1.807) is 16.2 Å². The smallest absolute Gasteiger partial charge is 0.254 e. The summed E-state index contributed by atoms with van der Waals surface area (Å²) >= 11 is 1.63. The van der Waals surface area contributed by atoms with Gasteiger partial charge in [-0.05, 0) is 37.3 Å². The molecule has 4 aromatic rings. The number of nitrogens with zero attached hydrogens (tertiary/aromatic N) is 2. The van der Waals surface area contributed by atoms with Crippen LogP contribution < -0.4 is 4.74 Å². The Morgan fingerprint density at radius 3 is 2.48 bits per heavy atom. The number of aromatic nitrogens is 1. The molecule has 1 atom stereocenters. The highest BCUT2D eigenvalue weighted by Crippen LogP contribution is 2.30. The van der Waals surface area contributed by atoms with E-state index >= 15 is 0 Å². The zero-order chi connectivity index (χ0) is 20.2.